The van der Waals surface area contributed by atoms with E-state index < -0.39 is 5.97 Å². The number of hydrogen-bond donors (Lipinski definition) is 2. The van der Waals surface area contributed by atoms with Crippen molar-refractivity contribution in [1.82, 2.24) is 0 Å². The SMILES string of the molecule is CCSc1cccc(NCCOCCOC)c1C(=O)O. The van der Waals surface area contributed by atoms with Crippen LogP contribution >= 0.6 is 11.8 Å². The van der Waals surface area contributed by atoms with Gasteiger partial charge in [0.15, 0.2) is 0 Å². The van der Waals surface area contributed by atoms with Crippen molar-refractivity contribution in [3.8, 4) is 0 Å². The Kier molecular flexibility index (Phi) is 8.10. The van der Waals surface area contributed by atoms with Gasteiger partial charge in [0.25, 0.3) is 0 Å². The standard InChI is InChI=1S/C14H21NO4S/c1-3-20-12-6-4-5-11(13(12)14(16)17)15-7-8-19-10-9-18-2/h4-6,15H,3,7-10H2,1-2H3,(H,16,17). The zero-order valence-electron chi connectivity index (χ0n) is 11.8. The van der Waals surface area contributed by atoms with Crippen molar-refractivity contribution in [2.24, 2.45) is 0 Å². The van der Waals surface area contributed by atoms with Crippen molar-refractivity contribution in [2.75, 3.05) is 44.5 Å². The van der Waals surface area contributed by atoms with E-state index in [1.807, 2.05) is 19.1 Å². The molecule has 0 unspecified atom stereocenters. The summed E-state index contributed by atoms with van der Waals surface area (Å²) in [4.78, 5) is 12.2. The molecular formula is C14H21NO4S. The van der Waals surface area contributed by atoms with Crippen molar-refractivity contribution < 1.29 is 19.4 Å². The van der Waals surface area contributed by atoms with E-state index in [1.54, 1.807) is 13.2 Å². The highest BCUT2D eigenvalue weighted by Crippen LogP contribution is 2.28. The number of carboxylic acid groups (broad SMARTS) is 1. The second-order valence-corrected chi connectivity index (χ2v) is 5.25. The minimum atomic E-state index is -0.913. The van der Waals surface area contributed by atoms with Gasteiger partial charge >= 0.3 is 5.97 Å². The zero-order valence-corrected chi connectivity index (χ0v) is 12.7. The summed E-state index contributed by atoms with van der Waals surface area (Å²) < 4.78 is 10.2. The molecule has 20 heavy (non-hydrogen) atoms. The maximum absolute atomic E-state index is 11.4. The van der Waals surface area contributed by atoms with E-state index in [4.69, 9.17) is 9.47 Å². The number of thioether (sulfide) groups is 1. The maximum atomic E-state index is 11.4. The molecule has 0 aliphatic carbocycles. The average molecular weight is 299 g/mol. The number of ether oxygens (including phenoxy) is 2. The van der Waals surface area contributed by atoms with Gasteiger partial charge in [0.1, 0.15) is 0 Å². The third-order valence-corrected chi connectivity index (χ3v) is 3.47. The van der Waals surface area contributed by atoms with Crippen molar-refractivity contribution in [3.63, 3.8) is 0 Å². The summed E-state index contributed by atoms with van der Waals surface area (Å²) >= 11 is 1.53. The van der Waals surface area contributed by atoms with Crippen LogP contribution in [-0.2, 0) is 9.47 Å². The van der Waals surface area contributed by atoms with Gasteiger partial charge in [-0.3, -0.25) is 0 Å². The summed E-state index contributed by atoms with van der Waals surface area (Å²) in [6.45, 7) is 4.16. The molecule has 0 fully saturated rings. The van der Waals surface area contributed by atoms with Crippen LogP contribution in [0.5, 0.6) is 0 Å². The van der Waals surface area contributed by atoms with Crippen molar-refractivity contribution in [1.29, 1.82) is 0 Å². The van der Waals surface area contributed by atoms with Gasteiger partial charge in [-0.25, -0.2) is 4.79 Å². The minimum Gasteiger partial charge on any atom is -0.478 e. The number of carbonyl (C=O) groups is 1. The molecule has 0 aliphatic rings. The molecule has 5 nitrogen and oxygen atoms in total. The summed E-state index contributed by atoms with van der Waals surface area (Å²) in [5.41, 5.74) is 0.961. The van der Waals surface area contributed by atoms with Gasteiger partial charge in [-0.2, -0.15) is 0 Å². The quantitative estimate of drug-likeness (QED) is 0.511. The zero-order chi connectivity index (χ0) is 14.8. The van der Waals surface area contributed by atoms with Gasteiger partial charge in [-0.1, -0.05) is 13.0 Å². The van der Waals surface area contributed by atoms with E-state index in [0.717, 1.165) is 10.6 Å². The Morgan fingerprint density at radius 3 is 2.80 bits per heavy atom. The number of anilines is 1. The first-order valence-corrected chi connectivity index (χ1v) is 7.49. The van der Waals surface area contributed by atoms with Gasteiger partial charge < -0.3 is 19.9 Å². The van der Waals surface area contributed by atoms with Crippen LogP contribution in [0.25, 0.3) is 0 Å². The van der Waals surface area contributed by atoms with E-state index in [0.29, 0.717) is 37.6 Å². The van der Waals surface area contributed by atoms with Crippen LogP contribution in [0, 0.1) is 0 Å². The third-order valence-electron chi connectivity index (χ3n) is 2.53. The third kappa shape index (κ3) is 5.40. The molecule has 0 atom stereocenters. The lowest BCUT2D eigenvalue weighted by Crippen LogP contribution is -2.14. The molecular weight excluding hydrogens is 278 g/mol. The lowest BCUT2D eigenvalue weighted by molar-refractivity contribution is 0.0693. The number of rotatable bonds is 10. The molecule has 0 heterocycles. The molecule has 0 amide bonds. The Morgan fingerprint density at radius 1 is 1.35 bits per heavy atom. The molecule has 2 N–H and O–H groups in total. The Bertz CT molecular complexity index is 426. The predicted octanol–water partition coefficient (Wildman–Crippen LogP) is 2.57. The van der Waals surface area contributed by atoms with Gasteiger partial charge in [0.05, 0.1) is 25.4 Å². The summed E-state index contributed by atoms with van der Waals surface area (Å²) in [5.74, 6) is -0.0755. The van der Waals surface area contributed by atoms with Crippen LogP contribution in [0.1, 0.15) is 17.3 Å². The molecule has 0 saturated heterocycles. The fraction of sp³-hybridized carbons (Fsp3) is 0.500. The molecule has 0 aliphatic heterocycles. The molecule has 1 aromatic rings. The van der Waals surface area contributed by atoms with Crippen LogP contribution in [0.15, 0.2) is 23.1 Å². The number of methoxy groups -OCH3 is 1. The van der Waals surface area contributed by atoms with Crippen LogP contribution in [-0.4, -0.2) is 50.3 Å². The smallest absolute Gasteiger partial charge is 0.338 e. The summed E-state index contributed by atoms with van der Waals surface area (Å²) in [5, 5.41) is 12.5. The van der Waals surface area contributed by atoms with Crippen molar-refractivity contribution in [2.45, 2.75) is 11.8 Å². The topological polar surface area (TPSA) is 67.8 Å². The molecule has 6 heteroatoms. The summed E-state index contributed by atoms with van der Waals surface area (Å²) in [6, 6.07) is 5.47. The van der Waals surface area contributed by atoms with Crippen LogP contribution in [0.3, 0.4) is 0 Å². The lowest BCUT2D eigenvalue weighted by Gasteiger charge is -2.13. The van der Waals surface area contributed by atoms with Crippen LogP contribution in [0.4, 0.5) is 5.69 Å². The highest BCUT2D eigenvalue weighted by Gasteiger charge is 2.15. The highest BCUT2D eigenvalue weighted by molar-refractivity contribution is 7.99. The second-order valence-electron chi connectivity index (χ2n) is 3.95. The maximum Gasteiger partial charge on any atom is 0.338 e. The highest BCUT2D eigenvalue weighted by atomic mass is 32.2. The average Bonchev–Trinajstić information content (AvgIpc) is 2.43. The minimum absolute atomic E-state index is 0.330. The molecule has 0 spiro atoms. The molecule has 112 valence electrons. The number of nitrogens with one attached hydrogen (secondary N) is 1. The molecule has 0 aromatic heterocycles. The normalized spacial score (nSPS) is 10.5. The van der Waals surface area contributed by atoms with Gasteiger partial charge in [-0.15, -0.1) is 11.8 Å². The van der Waals surface area contributed by atoms with Crippen LogP contribution in [0.2, 0.25) is 0 Å². The fourth-order valence-electron chi connectivity index (χ4n) is 1.68. The number of aromatic carboxylic acids is 1. The molecule has 0 radical (unpaired) electrons. The van der Waals surface area contributed by atoms with Gasteiger partial charge in [0, 0.05) is 24.2 Å². The molecule has 0 bridgehead atoms. The lowest BCUT2D eigenvalue weighted by atomic mass is 10.2. The number of benzene rings is 1. The first-order chi connectivity index (χ1) is 9.70. The van der Waals surface area contributed by atoms with Crippen molar-refractivity contribution >= 4 is 23.4 Å². The molecule has 0 saturated carbocycles. The van der Waals surface area contributed by atoms with Crippen LogP contribution < -0.4 is 5.32 Å². The predicted molar refractivity (Wildman–Crippen MR) is 81.0 cm³/mol. The first kappa shape index (κ1) is 16.8. The van der Waals surface area contributed by atoms with Gasteiger partial charge in [-0.05, 0) is 17.9 Å². The summed E-state index contributed by atoms with van der Waals surface area (Å²) in [6.07, 6.45) is 0. The Labute approximate surface area is 123 Å². The van der Waals surface area contributed by atoms with E-state index in [-0.39, 0.29) is 0 Å². The molecule has 1 aromatic carbocycles. The Balaban J connectivity index is 2.60. The fourth-order valence-corrected chi connectivity index (χ4v) is 2.50. The summed E-state index contributed by atoms with van der Waals surface area (Å²) in [7, 11) is 1.62. The van der Waals surface area contributed by atoms with E-state index in [1.165, 1.54) is 11.8 Å². The van der Waals surface area contributed by atoms with E-state index >= 15 is 0 Å². The first-order valence-electron chi connectivity index (χ1n) is 6.50. The second kappa shape index (κ2) is 9.63. The molecule has 1 rings (SSSR count). The largest absolute Gasteiger partial charge is 0.478 e. The Hall–Kier alpha value is -1.24. The van der Waals surface area contributed by atoms with Gasteiger partial charge in [0.2, 0.25) is 0 Å². The van der Waals surface area contributed by atoms with E-state index in [9.17, 15) is 9.90 Å². The monoisotopic (exact) mass is 299 g/mol. The van der Waals surface area contributed by atoms with Crippen molar-refractivity contribution in [3.05, 3.63) is 23.8 Å². The Morgan fingerprint density at radius 2 is 2.15 bits per heavy atom. The van der Waals surface area contributed by atoms with E-state index in [2.05, 4.69) is 5.32 Å². The number of hydrogen-bond acceptors (Lipinski definition) is 5. The number of carboxylic acids is 1.